The van der Waals surface area contributed by atoms with Crippen molar-refractivity contribution in [1.82, 2.24) is 9.55 Å². The van der Waals surface area contributed by atoms with E-state index in [0.29, 0.717) is 5.41 Å². The molecule has 18 heavy (non-hydrogen) atoms. The molecule has 3 fully saturated rings. The normalized spacial score (nSPS) is 35.3. The lowest BCUT2D eigenvalue weighted by molar-refractivity contribution is -0.178. The van der Waals surface area contributed by atoms with Crippen molar-refractivity contribution in [3.63, 3.8) is 0 Å². The molecule has 3 saturated carbocycles. The molecule has 1 aromatic rings. The summed E-state index contributed by atoms with van der Waals surface area (Å²) in [7, 11) is 0. The van der Waals surface area contributed by atoms with Crippen molar-refractivity contribution < 1.29 is 5.11 Å². The molecule has 4 rings (SSSR count). The second-order valence-electron chi connectivity index (χ2n) is 6.64. The van der Waals surface area contributed by atoms with Crippen LogP contribution in [-0.4, -0.2) is 14.7 Å². The molecule has 1 N–H and O–H groups in total. The van der Waals surface area contributed by atoms with Crippen LogP contribution in [0.1, 0.15) is 52.0 Å². The SMILES string of the molecule is CC(C)C(O)c1nc(I)c(I)n1C12CC(C)(C1)C2. The molecule has 0 radical (unpaired) electrons. The molecule has 1 unspecified atom stereocenters. The lowest BCUT2D eigenvalue weighted by atomic mass is 9.40. The standard InChI is InChI=1S/C13H18I2N2O/c1-7(2)8(18)11-16-9(14)10(15)17(11)13-4-12(3,5-13)6-13/h7-8,18H,4-6H2,1-3H3. The molecule has 3 aliphatic rings. The van der Waals surface area contributed by atoms with Gasteiger partial charge in [0.15, 0.2) is 0 Å². The molecule has 0 saturated heterocycles. The summed E-state index contributed by atoms with van der Waals surface area (Å²) in [6.45, 7) is 6.46. The Morgan fingerprint density at radius 1 is 1.28 bits per heavy atom. The zero-order valence-electron chi connectivity index (χ0n) is 10.9. The summed E-state index contributed by atoms with van der Waals surface area (Å²) in [6.07, 6.45) is 3.30. The first-order chi connectivity index (χ1) is 8.28. The molecule has 0 aliphatic heterocycles. The number of aliphatic hydroxyl groups is 1. The third-order valence-corrected chi connectivity index (χ3v) is 7.22. The van der Waals surface area contributed by atoms with Gasteiger partial charge in [-0.05, 0) is 75.8 Å². The second kappa shape index (κ2) is 4.07. The van der Waals surface area contributed by atoms with Crippen LogP contribution >= 0.6 is 45.2 Å². The molecule has 1 aromatic heterocycles. The van der Waals surface area contributed by atoms with Crippen LogP contribution in [0.2, 0.25) is 0 Å². The average Bonchev–Trinajstić information content (AvgIpc) is 2.49. The highest BCUT2D eigenvalue weighted by atomic mass is 127. The summed E-state index contributed by atoms with van der Waals surface area (Å²) >= 11 is 4.65. The Hall–Kier alpha value is 0.630. The number of nitrogens with zero attached hydrogens (tertiary/aromatic N) is 2. The summed E-state index contributed by atoms with van der Waals surface area (Å²) < 4.78 is 4.56. The maximum absolute atomic E-state index is 10.4. The van der Waals surface area contributed by atoms with Crippen molar-refractivity contribution in [2.75, 3.05) is 0 Å². The molecule has 0 spiro atoms. The zero-order chi connectivity index (χ0) is 13.3. The highest BCUT2D eigenvalue weighted by Gasteiger charge is 2.67. The molecule has 0 amide bonds. The first-order valence-electron chi connectivity index (χ1n) is 6.40. The Morgan fingerprint density at radius 2 is 1.83 bits per heavy atom. The summed E-state index contributed by atoms with van der Waals surface area (Å²) in [6, 6.07) is 0. The minimum Gasteiger partial charge on any atom is -0.385 e. The fourth-order valence-electron chi connectivity index (χ4n) is 3.80. The number of aliphatic hydroxyl groups excluding tert-OH is 1. The van der Waals surface area contributed by atoms with E-state index in [2.05, 4.69) is 61.7 Å². The van der Waals surface area contributed by atoms with Crippen molar-refractivity contribution in [3.05, 3.63) is 13.2 Å². The smallest absolute Gasteiger partial charge is 0.140 e. The Labute approximate surface area is 135 Å². The Kier molecular flexibility index (Phi) is 3.07. The van der Waals surface area contributed by atoms with Gasteiger partial charge in [-0.3, -0.25) is 0 Å². The molecular formula is C13H18I2N2O. The predicted octanol–water partition coefficient (Wildman–Crippen LogP) is 3.68. The van der Waals surface area contributed by atoms with Crippen molar-refractivity contribution in [2.45, 2.75) is 51.7 Å². The molecule has 1 atom stereocenters. The molecule has 2 bridgehead atoms. The van der Waals surface area contributed by atoms with E-state index in [1.165, 1.54) is 23.0 Å². The Bertz CT molecular complexity index is 490. The number of aromatic nitrogens is 2. The van der Waals surface area contributed by atoms with E-state index in [1.807, 2.05) is 13.8 Å². The van der Waals surface area contributed by atoms with E-state index < -0.39 is 6.10 Å². The van der Waals surface area contributed by atoms with Crippen LogP contribution in [0, 0.1) is 18.7 Å². The van der Waals surface area contributed by atoms with Crippen molar-refractivity contribution in [2.24, 2.45) is 11.3 Å². The van der Waals surface area contributed by atoms with E-state index in [0.717, 1.165) is 9.53 Å². The van der Waals surface area contributed by atoms with Gasteiger partial charge in [-0.1, -0.05) is 20.8 Å². The quantitative estimate of drug-likeness (QED) is 0.683. The van der Waals surface area contributed by atoms with Crippen LogP contribution in [0.3, 0.4) is 0 Å². The van der Waals surface area contributed by atoms with Gasteiger partial charge in [0.2, 0.25) is 0 Å². The first-order valence-corrected chi connectivity index (χ1v) is 8.56. The monoisotopic (exact) mass is 472 g/mol. The van der Waals surface area contributed by atoms with Gasteiger partial charge in [-0.25, -0.2) is 4.98 Å². The second-order valence-corrected chi connectivity index (χ2v) is 8.68. The van der Waals surface area contributed by atoms with Gasteiger partial charge < -0.3 is 9.67 Å². The van der Waals surface area contributed by atoms with Crippen LogP contribution < -0.4 is 0 Å². The maximum atomic E-state index is 10.4. The summed E-state index contributed by atoms with van der Waals surface area (Å²) in [4.78, 5) is 4.62. The summed E-state index contributed by atoms with van der Waals surface area (Å²) in [5.41, 5.74) is 0.839. The molecule has 0 aromatic carbocycles. The van der Waals surface area contributed by atoms with Gasteiger partial charge in [-0.15, -0.1) is 0 Å². The van der Waals surface area contributed by atoms with Gasteiger partial charge in [0.05, 0.1) is 0 Å². The zero-order valence-corrected chi connectivity index (χ0v) is 15.2. The number of rotatable bonds is 3. The van der Waals surface area contributed by atoms with E-state index in [-0.39, 0.29) is 11.5 Å². The minimum absolute atomic E-state index is 0.209. The summed E-state index contributed by atoms with van der Waals surface area (Å²) in [5, 5.41) is 10.4. The third-order valence-electron chi connectivity index (χ3n) is 4.45. The van der Waals surface area contributed by atoms with Crippen molar-refractivity contribution >= 4 is 45.2 Å². The fourth-order valence-corrected chi connectivity index (χ4v) is 5.17. The third kappa shape index (κ3) is 1.72. The number of imidazole rings is 1. The Morgan fingerprint density at radius 3 is 2.28 bits per heavy atom. The lowest BCUT2D eigenvalue weighted by Crippen LogP contribution is -2.66. The average molecular weight is 472 g/mol. The molecule has 100 valence electrons. The minimum atomic E-state index is -0.455. The Balaban J connectivity index is 2.03. The van der Waals surface area contributed by atoms with E-state index in [4.69, 9.17) is 0 Å². The molecule has 1 heterocycles. The van der Waals surface area contributed by atoms with Crippen LogP contribution in [-0.2, 0) is 5.54 Å². The molecule has 5 heteroatoms. The van der Waals surface area contributed by atoms with E-state index in [9.17, 15) is 5.11 Å². The largest absolute Gasteiger partial charge is 0.385 e. The predicted molar refractivity (Wildman–Crippen MR) is 87.4 cm³/mol. The molecular weight excluding hydrogens is 454 g/mol. The first kappa shape index (κ1) is 13.6. The van der Waals surface area contributed by atoms with Crippen LogP contribution in [0.15, 0.2) is 0 Å². The summed E-state index contributed by atoms with van der Waals surface area (Å²) in [5.74, 6) is 1.08. The number of hydrogen-bond acceptors (Lipinski definition) is 2. The number of halogens is 2. The molecule has 3 nitrogen and oxygen atoms in total. The van der Waals surface area contributed by atoms with E-state index in [1.54, 1.807) is 0 Å². The highest BCUT2D eigenvalue weighted by molar-refractivity contribution is 14.1. The van der Waals surface area contributed by atoms with Gasteiger partial charge in [0.1, 0.15) is 19.3 Å². The van der Waals surface area contributed by atoms with Crippen LogP contribution in [0.4, 0.5) is 0 Å². The maximum Gasteiger partial charge on any atom is 0.140 e. The van der Waals surface area contributed by atoms with Crippen molar-refractivity contribution in [3.8, 4) is 0 Å². The van der Waals surface area contributed by atoms with Crippen LogP contribution in [0.25, 0.3) is 0 Å². The molecule has 3 aliphatic carbocycles. The van der Waals surface area contributed by atoms with Gasteiger partial charge in [0.25, 0.3) is 0 Å². The highest BCUT2D eigenvalue weighted by Crippen LogP contribution is 2.71. The van der Waals surface area contributed by atoms with Gasteiger partial charge in [0, 0.05) is 5.54 Å². The lowest BCUT2D eigenvalue weighted by Gasteiger charge is -2.70. The topological polar surface area (TPSA) is 38.1 Å². The van der Waals surface area contributed by atoms with E-state index >= 15 is 0 Å². The van der Waals surface area contributed by atoms with Gasteiger partial charge in [-0.2, -0.15) is 0 Å². The fraction of sp³-hybridized carbons (Fsp3) is 0.769. The van der Waals surface area contributed by atoms with Gasteiger partial charge >= 0.3 is 0 Å². The number of hydrogen-bond donors (Lipinski definition) is 1. The van der Waals surface area contributed by atoms with Crippen LogP contribution in [0.5, 0.6) is 0 Å². The van der Waals surface area contributed by atoms with Crippen molar-refractivity contribution in [1.29, 1.82) is 0 Å².